The molecule has 0 spiro atoms. The van der Waals surface area contributed by atoms with Crippen LogP contribution in [0.5, 0.6) is 0 Å². The van der Waals surface area contributed by atoms with Gasteiger partial charge in [0.15, 0.2) is 0 Å². The van der Waals surface area contributed by atoms with Crippen molar-refractivity contribution in [3.63, 3.8) is 0 Å². The zero-order chi connectivity index (χ0) is 17.0. The SMILES string of the molecule is Cc1cc(Cc2cc(C)c(NC=O)c(Cl)c2)cc(Cl)c1NC=O. The van der Waals surface area contributed by atoms with Crippen LogP contribution in [0.1, 0.15) is 22.3 Å². The van der Waals surface area contributed by atoms with Crippen molar-refractivity contribution >= 4 is 47.4 Å². The lowest BCUT2D eigenvalue weighted by atomic mass is 10.00. The quantitative estimate of drug-likeness (QED) is 0.761. The van der Waals surface area contributed by atoms with Crippen LogP contribution in [0, 0.1) is 13.8 Å². The van der Waals surface area contributed by atoms with E-state index in [1.165, 1.54) is 0 Å². The molecular formula is C17H16Cl2N2O2. The molecule has 0 aliphatic rings. The van der Waals surface area contributed by atoms with Gasteiger partial charge in [-0.25, -0.2) is 0 Å². The minimum atomic E-state index is 0.495. The minimum Gasteiger partial charge on any atom is -0.327 e. The van der Waals surface area contributed by atoms with Crippen molar-refractivity contribution in [3.05, 3.63) is 56.6 Å². The summed E-state index contributed by atoms with van der Waals surface area (Å²) in [6.45, 7) is 3.77. The molecule has 0 atom stereocenters. The summed E-state index contributed by atoms with van der Waals surface area (Å²) in [4.78, 5) is 21.2. The zero-order valence-corrected chi connectivity index (χ0v) is 14.3. The van der Waals surface area contributed by atoms with Crippen LogP contribution in [0.3, 0.4) is 0 Å². The second-order valence-corrected chi connectivity index (χ2v) is 6.05. The first-order valence-electron chi connectivity index (χ1n) is 6.94. The Hall–Kier alpha value is -2.04. The average molecular weight is 351 g/mol. The van der Waals surface area contributed by atoms with Crippen LogP contribution in [-0.2, 0) is 16.0 Å². The molecule has 2 aromatic rings. The van der Waals surface area contributed by atoms with Crippen LogP contribution in [0.25, 0.3) is 0 Å². The highest BCUT2D eigenvalue weighted by molar-refractivity contribution is 6.34. The predicted molar refractivity (Wildman–Crippen MR) is 94.6 cm³/mol. The number of hydrogen-bond acceptors (Lipinski definition) is 2. The van der Waals surface area contributed by atoms with E-state index in [1.807, 2.05) is 38.1 Å². The number of nitrogens with one attached hydrogen (secondary N) is 2. The van der Waals surface area contributed by atoms with E-state index in [0.29, 0.717) is 40.7 Å². The normalized spacial score (nSPS) is 10.3. The molecule has 4 nitrogen and oxygen atoms in total. The van der Waals surface area contributed by atoms with Crippen molar-refractivity contribution in [1.29, 1.82) is 0 Å². The van der Waals surface area contributed by atoms with E-state index in [4.69, 9.17) is 23.2 Å². The molecule has 0 saturated heterocycles. The first-order valence-corrected chi connectivity index (χ1v) is 7.70. The van der Waals surface area contributed by atoms with Gasteiger partial charge in [-0.15, -0.1) is 0 Å². The Bertz CT molecular complexity index is 651. The number of benzene rings is 2. The smallest absolute Gasteiger partial charge is 0.211 e. The molecule has 0 heterocycles. The number of anilines is 2. The topological polar surface area (TPSA) is 58.2 Å². The van der Waals surface area contributed by atoms with E-state index in [2.05, 4.69) is 10.6 Å². The largest absolute Gasteiger partial charge is 0.327 e. The van der Waals surface area contributed by atoms with Gasteiger partial charge in [-0.1, -0.05) is 35.3 Å². The van der Waals surface area contributed by atoms with E-state index in [-0.39, 0.29) is 0 Å². The van der Waals surface area contributed by atoms with Crippen LogP contribution in [0.4, 0.5) is 11.4 Å². The first kappa shape index (κ1) is 17.3. The summed E-state index contributed by atoms with van der Waals surface area (Å²) in [6, 6.07) is 7.58. The molecule has 2 rings (SSSR count). The Kier molecular flexibility index (Phi) is 5.64. The number of amides is 2. The van der Waals surface area contributed by atoms with Gasteiger partial charge in [0.1, 0.15) is 0 Å². The van der Waals surface area contributed by atoms with Gasteiger partial charge < -0.3 is 10.6 Å². The van der Waals surface area contributed by atoms with Crippen molar-refractivity contribution in [2.45, 2.75) is 20.3 Å². The molecule has 2 amide bonds. The van der Waals surface area contributed by atoms with E-state index in [1.54, 1.807) is 0 Å². The summed E-state index contributed by atoms with van der Waals surface area (Å²) in [7, 11) is 0. The summed E-state index contributed by atoms with van der Waals surface area (Å²) >= 11 is 12.4. The highest BCUT2D eigenvalue weighted by Crippen LogP contribution is 2.31. The van der Waals surface area contributed by atoms with Gasteiger partial charge >= 0.3 is 0 Å². The van der Waals surface area contributed by atoms with Gasteiger partial charge in [0.25, 0.3) is 0 Å². The lowest BCUT2D eigenvalue weighted by Gasteiger charge is -2.13. The monoisotopic (exact) mass is 350 g/mol. The summed E-state index contributed by atoms with van der Waals surface area (Å²) < 4.78 is 0. The van der Waals surface area contributed by atoms with Crippen LogP contribution in [0.15, 0.2) is 24.3 Å². The number of aryl methyl sites for hydroxylation is 2. The minimum absolute atomic E-state index is 0.495. The number of halogens is 2. The van der Waals surface area contributed by atoms with Crippen LogP contribution in [0.2, 0.25) is 10.0 Å². The number of carbonyl (C=O) groups excluding carboxylic acids is 2. The molecule has 0 fully saturated rings. The standard InChI is InChI=1S/C17H16Cl2N2O2/c1-10-3-12(6-14(18)16(10)20-8-22)5-13-4-11(2)17(21-9-23)15(19)7-13/h3-4,6-9H,5H2,1-2H3,(H,20,22)(H,21,23). The van der Waals surface area contributed by atoms with E-state index in [9.17, 15) is 9.59 Å². The lowest BCUT2D eigenvalue weighted by Crippen LogP contribution is -2.01. The molecular weight excluding hydrogens is 335 g/mol. The number of carbonyl (C=O) groups is 2. The second kappa shape index (κ2) is 7.49. The number of rotatable bonds is 6. The van der Waals surface area contributed by atoms with Gasteiger partial charge in [-0.3, -0.25) is 9.59 Å². The molecule has 0 saturated carbocycles. The average Bonchev–Trinajstić information content (AvgIpc) is 2.47. The summed E-state index contributed by atoms with van der Waals surface area (Å²) in [5.41, 5.74) is 5.03. The Morgan fingerprint density at radius 3 is 1.52 bits per heavy atom. The fraction of sp³-hybridized carbons (Fsp3) is 0.176. The third kappa shape index (κ3) is 4.03. The molecule has 6 heteroatoms. The van der Waals surface area contributed by atoms with Crippen LogP contribution >= 0.6 is 23.2 Å². The van der Waals surface area contributed by atoms with Crippen molar-refractivity contribution in [1.82, 2.24) is 0 Å². The lowest BCUT2D eigenvalue weighted by molar-refractivity contribution is -0.106. The van der Waals surface area contributed by atoms with Gasteiger partial charge in [-0.2, -0.15) is 0 Å². The molecule has 23 heavy (non-hydrogen) atoms. The van der Waals surface area contributed by atoms with Gasteiger partial charge in [-0.05, 0) is 54.7 Å². The third-order valence-electron chi connectivity index (χ3n) is 3.51. The first-order chi connectivity index (χ1) is 11.0. The molecule has 0 bridgehead atoms. The molecule has 2 aromatic carbocycles. The second-order valence-electron chi connectivity index (χ2n) is 5.24. The predicted octanol–water partition coefficient (Wildman–Crippen LogP) is 4.34. The van der Waals surface area contributed by atoms with Crippen LogP contribution in [-0.4, -0.2) is 12.8 Å². The molecule has 0 aromatic heterocycles. The molecule has 0 radical (unpaired) electrons. The van der Waals surface area contributed by atoms with Crippen LogP contribution < -0.4 is 10.6 Å². The highest BCUT2D eigenvalue weighted by Gasteiger charge is 2.10. The third-order valence-corrected chi connectivity index (χ3v) is 4.11. The van der Waals surface area contributed by atoms with Crippen molar-refractivity contribution in [2.24, 2.45) is 0 Å². The Labute approximate surface area is 144 Å². The Morgan fingerprint density at radius 1 is 0.826 bits per heavy atom. The van der Waals surface area contributed by atoms with E-state index in [0.717, 1.165) is 22.3 Å². The molecule has 2 N–H and O–H groups in total. The molecule has 0 aliphatic heterocycles. The van der Waals surface area contributed by atoms with Gasteiger partial charge in [0.05, 0.1) is 21.4 Å². The van der Waals surface area contributed by atoms with Crippen molar-refractivity contribution in [2.75, 3.05) is 10.6 Å². The maximum atomic E-state index is 10.6. The van der Waals surface area contributed by atoms with Gasteiger partial charge in [0.2, 0.25) is 12.8 Å². The van der Waals surface area contributed by atoms with Crippen molar-refractivity contribution < 1.29 is 9.59 Å². The van der Waals surface area contributed by atoms with E-state index < -0.39 is 0 Å². The fourth-order valence-electron chi connectivity index (χ4n) is 2.55. The molecule has 120 valence electrons. The van der Waals surface area contributed by atoms with Crippen molar-refractivity contribution in [3.8, 4) is 0 Å². The van der Waals surface area contributed by atoms with E-state index >= 15 is 0 Å². The fourth-order valence-corrected chi connectivity index (χ4v) is 3.24. The Morgan fingerprint density at radius 2 is 1.22 bits per heavy atom. The van der Waals surface area contributed by atoms with Gasteiger partial charge in [0, 0.05) is 0 Å². The molecule has 0 aliphatic carbocycles. The number of hydrogen-bond donors (Lipinski definition) is 2. The highest BCUT2D eigenvalue weighted by atomic mass is 35.5. The maximum absolute atomic E-state index is 10.6. The Balaban J connectivity index is 2.32. The zero-order valence-electron chi connectivity index (χ0n) is 12.7. The summed E-state index contributed by atoms with van der Waals surface area (Å²) in [5, 5.41) is 6.19. The maximum Gasteiger partial charge on any atom is 0.211 e. The summed E-state index contributed by atoms with van der Waals surface area (Å²) in [6.07, 6.45) is 1.86. The molecule has 0 unspecified atom stereocenters. The summed E-state index contributed by atoms with van der Waals surface area (Å²) in [5.74, 6) is 0.